The molecule has 1 aromatic heterocycles. The third-order valence-electron chi connectivity index (χ3n) is 3.42. The zero-order valence-electron chi connectivity index (χ0n) is 10.4. The molecule has 1 heterocycles. The summed E-state index contributed by atoms with van der Waals surface area (Å²) in [7, 11) is -1.90. The number of rotatable bonds is 5. The van der Waals surface area contributed by atoms with E-state index in [-0.39, 0.29) is 17.4 Å². The molecule has 0 aromatic carbocycles. The molecule has 0 bridgehead atoms. The molecule has 1 aliphatic rings. The van der Waals surface area contributed by atoms with Crippen molar-refractivity contribution < 1.29 is 13.5 Å². The maximum absolute atomic E-state index is 11.9. The Labute approximate surface area is 107 Å². The number of hydrogen-bond acceptors (Lipinski definition) is 4. The molecule has 1 fully saturated rings. The molecule has 1 aliphatic carbocycles. The molecule has 7 heteroatoms. The Kier molecular flexibility index (Phi) is 4.04. The number of aryl methyl sites for hydroxylation is 1. The van der Waals surface area contributed by atoms with Crippen LogP contribution in [-0.4, -0.2) is 36.0 Å². The summed E-state index contributed by atoms with van der Waals surface area (Å²) in [6.07, 6.45) is 6.34. The molecule has 0 saturated heterocycles. The zero-order chi connectivity index (χ0) is 13.2. The van der Waals surface area contributed by atoms with Crippen molar-refractivity contribution in [3.63, 3.8) is 0 Å². The quantitative estimate of drug-likeness (QED) is 0.805. The van der Waals surface area contributed by atoms with E-state index in [1.54, 1.807) is 7.05 Å². The second-order valence-electron chi connectivity index (χ2n) is 4.81. The van der Waals surface area contributed by atoms with Crippen LogP contribution in [0, 0.1) is 5.92 Å². The van der Waals surface area contributed by atoms with Crippen LogP contribution in [0.2, 0.25) is 0 Å². The maximum atomic E-state index is 11.9. The highest BCUT2D eigenvalue weighted by Gasteiger charge is 2.25. The highest BCUT2D eigenvalue weighted by atomic mass is 32.2. The van der Waals surface area contributed by atoms with E-state index in [1.165, 1.54) is 17.1 Å². The van der Waals surface area contributed by atoms with E-state index in [9.17, 15) is 13.5 Å². The average molecular weight is 273 g/mol. The fraction of sp³-hybridized carbons (Fsp3) is 0.727. The molecular weight excluding hydrogens is 254 g/mol. The van der Waals surface area contributed by atoms with Gasteiger partial charge in [0.2, 0.25) is 10.0 Å². The van der Waals surface area contributed by atoms with Gasteiger partial charge in [-0.2, -0.15) is 5.10 Å². The molecule has 0 aliphatic heterocycles. The Bertz CT molecular complexity index is 491. The summed E-state index contributed by atoms with van der Waals surface area (Å²) in [6.45, 7) is 0.0713. The van der Waals surface area contributed by atoms with Crippen LogP contribution >= 0.6 is 0 Å². The van der Waals surface area contributed by atoms with Crippen molar-refractivity contribution in [2.75, 3.05) is 6.54 Å². The number of nitrogens with one attached hydrogen (secondary N) is 1. The summed E-state index contributed by atoms with van der Waals surface area (Å²) < 4.78 is 27.6. The van der Waals surface area contributed by atoms with Crippen molar-refractivity contribution >= 4 is 10.0 Å². The summed E-state index contributed by atoms with van der Waals surface area (Å²) in [6, 6.07) is 0. The Hall–Kier alpha value is -0.920. The minimum Gasteiger partial charge on any atom is -0.391 e. The molecule has 1 saturated carbocycles. The van der Waals surface area contributed by atoms with E-state index in [2.05, 4.69) is 9.82 Å². The van der Waals surface area contributed by atoms with E-state index in [0.717, 1.165) is 25.7 Å². The van der Waals surface area contributed by atoms with Crippen molar-refractivity contribution in [3.05, 3.63) is 12.4 Å². The summed E-state index contributed by atoms with van der Waals surface area (Å²) in [4.78, 5) is 0.128. The smallest absolute Gasteiger partial charge is 0.243 e. The molecular formula is C11H19N3O3S. The Morgan fingerprint density at radius 1 is 1.56 bits per heavy atom. The third-order valence-corrected chi connectivity index (χ3v) is 4.80. The van der Waals surface area contributed by atoms with Crippen LogP contribution < -0.4 is 4.72 Å². The molecule has 18 heavy (non-hydrogen) atoms. The van der Waals surface area contributed by atoms with Crippen LogP contribution in [0.15, 0.2) is 17.3 Å². The van der Waals surface area contributed by atoms with Gasteiger partial charge in [-0.05, 0) is 18.8 Å². The van der Waals surface area contributed by atoms with Crippen LogP contribution in [0.1, 0.15) is 25.7 Å². The molecule has 102 valence electrons. The minimum absolute atomic E-state index is 0.0713. The van der Waals surface area contributed by atoms with Crippen molar-refractivity contribution in [1.82, 2.24) is 14.5 Å². The van der Waals surface area contributed by atoms with Crippen LogP contribution in [0.3, 0.4) is 0 Å². The first-order valence-corrected chi connectivity index (χ1v) is 7.64. The van der Waals surface area contributed by atoms with Gasteiger partial charge in [-0.25, -0.2) is 13.1 Å². The Morgan fingerprint density at radius 3 is 2.78 bits per heavy atom. The lowest BCUT2D eigenvalue weighted by Crippen LogP contribution is -2.35. The summed E-state index contributed by atoms with van der Waals surface area (Å²) in [5, 5.41) is 13.7. The van der Waals surface area contributed by atoms with Crippen LogP contribution in [0.4, 0.5) is 0 Å². The van der Waals surface area contributed by atoms with Gasteiger partial charge in [0.1, 0.15) is 4.90 Å². The lowest BCUT2D eigenvalue weighted by Gasteiger charge is -2.17. The average Bonchev–Trinajstić information content (AvgIpc) is 2.96. The third kappa shape index (κ3) is 3.09. The minimum atomic E-state index is -3.56. The number of aromatic nitrogens is 2. The number of aliphatic hydroxyl groups is 1. The first-order chi connectivity index (χ1) is 8.49. The van der Waals surface area contributed by atoms with Crippen molar-refractivity contribution in [3.8, 4) is 0 Å². The van der Waals surface area contributed by atoms with Crippen molar-refractivity contribution in [2.45, 2.75) is 36.7 Å². The predicted molar refractivity (Wildman–Crippen MR) is 66.4 cm³/mol. The van der Waals surface area contributed by atoms with Crippen LogP contribution in [0.5, 0.6) is 0 Å². The molecule has 2 N–H and O–H groups in total. The van der Waals surface area contributed by atoms with Crippen molar-refractivity contribution in [1.29, 1.82) is 0 Å². The predicted octanol–water partition coefficient (Wildman–Crippen LogP) is 0.249. The molecule has 1 unspecified atom stereocenters. The van der Waals surface area contributed by atoms with Gasteiger partial charge in [-0.3, -0.25) is 4.68 Å². The molecule has 6 nitrogen and oxygen atoms in total. The monoisotopic (exact) mass is 273 g/mol. The standard InChI is InChI=1S/C11H19N3O3S/c1-14-8-10(6-12-14)18(16,17)13-7-11(15)9-4-2-3-5-9/h6,8-9,11,13,15H,2-5,7H2,1H3. The fourth-order valence-corrected chi connectivity index (χ4v) is 3.36. The molecule has 2 rings (SSSR count). The Morgan fingerprint density at radius 2 is 2.22 bits per heavy atom. The van der Waals surface area contributed by atoms with E-state index in [1.807, 2.05) is 0 Å². The van der Waals surface area contributed by atoms with Gasteiger partial charge in [0.25, 0.3) is 0 Å². The summed E-state index contributed by atoms with van der Waals surface area (Å²) >= 11 is 0. The van der Waals surface area contributed by atoms with E-state index in [0.29, 0.717) is 0 Å². The number of sulfonamides is 1. The molecule has 1 atom stereocenters. The van der Waals surface area contributed by atoms with Crippen LogP contribution in [-0.2, 0) is 17.1 Å². The van der Waals surface area contributed by atoms with E-state index in [4.69, 9.17) is 0 Å². The SMILES string of the molecule is Cn1cc(S(=O)(=O)NCC(O)C2CCCC2)cn1. The van der Waals surface area contributed by atoms with Gasteiger partial charge in [0.05, 0.1) is 12.3 Å². The van der Waals surface area contributed by atoms with Crippen molar-refractivity contribution in [2.24, 2.45) is 13.0 Å². The maximum Gasteiger partial charge on any atom is 0.243 e. The number of nitrogens with zero attached hydrogens (tertiary/aromatic N) is 2. The normalized spacial score (nSPS) is 19.2. The van der Waals surface area contributed by atoms with Gasteiger partial charge in [0.15, 0.2) is 0 Å². The lowest BCUT2D eigenvalue weighted by atomic mass is 10.0. The van der Waals surface area contributed by atoms with Gasteiger partial charge < -0.3 is 5.11 Å². The molecule has 0 radical (unpaired) electrons. The largest absolute Gasteiger partial charge is 0.391 e. The number of hydrogen-bond donors (Lipinski definition) is 2. The Balaban J connectivity index is 1.92. The highest BCUT2D eigenvalue weighted by Crippen LogP contribution is 2.27. The van der Waals surface area contributed by atoms with E-state index < -0.39 is 16.1 Å². The van der Waals surface area contributed by atoms with Gasteiger partial charge in [-0.1, -0.05) is 12.8 Å². The zero-order valence-corrected chi connectivity index (χ0v) is 11.2. The van der Waals surface area contributed by atoms with Crippen LogP contribution in [0.25, 0.3) is 0 Å². The summed E-state index contributed by atoms with van der Waals surface area (Å²) in [5.74, 6) is 0.224. The molecule has 0 amide bonds. The first-order valence-electron chi connectivity index (χ1n) is 6.15. The fourth-order valence-electron chi connectivity index (χ4n) is 2.32. The summed E-state index contributed by atoms with van der Waals surface area (Å²) in [5.41, 5.74) is 0. The van der Waals surface area contributed by atoms with Gasteiger partial charge >= 0.3 is 0 Å². The van der Waals surface area contributed by atoms with Gasteiger partial charge in [0, 0.05) is 19.8 Å². The second kappa shape index (κ2) is 5.38. The lowest BCUT2D eigenvalue weighted by molar-refractivity contribution is 0.115. The molecule has 0 spiro atoms. The first kappa shape index (κ1) is 13.5. The highest BCUT2D eigenvalue weighted by molar-refractivity contribution is 7.89. The van der Waals surface area contributed by atoms with Gasteiger partial charge in [-0.15, -0.1) is 0 Å². The topological polar surface area (TPSA) is 84.2 Å². The second-order valence-corrected chi connectivity index (χ2v) is 6.58. The van der Waals surface area contributed by atoms with E-state index >= 15 is 0 Å². The molecule has 1 aromatic rings. The number of aliphatic hydroxyl groups excluding tert-OH is 1.